The molecular formula is C26H15Br2NO5. The molecule has 0 saturated heterocycles. The quantitative estimate of drug-likeness (QED) is 0.257. The summed E-state index contributed by atoms with van der Waals surface area (Å²) >= 11 is 6.88. The van der Waals surface area contributed by atoms with Crippen molar-refractivity contribution in [3.8, 4) is 11.5 Å². The van der Waals surface area contributed by atoms with E-state index in [1.807, 2.05) is 42.5 Å². The minimum atomic E-state index is -1.28. The number of hydrogen-bond donors (Lipinski definition) is 1. The number of ether oxygens (including phenoxy) is 2. The molecule has 1 spiro atoms. The molecule has 0 unspecified atom stereocenters. The van der Waals surface area contributed by atoms with E-state index in [1.165, 1.54) is 18.2 Å². The fraction of sp³-hybridized carbons (Fsp3) is 0.0385. The topological polar surface area (TPSA) is 85.7 Å². The molecule has 8 heteroatoms. The first kappa shape index (κ1) is 22.3. The molecule has 2 aliphatic rings. The summed E-state index contributed by atoms with van der Waals surface area (Å²) in [6.07, 6.45) is 3.50. The van der Waals surface area contributed by atoms with Crippen molar-refractivity contribution in [3.05, 3.63) is 122 Å². The Morgan fingerprint density at radius 1 is 0.824 bits per heavy atom. The third-order valence-electron chi connectivity index (χ3n) is 5.54. The number of rotatable bonds is 1. The highest BCUT2D eigenvalue weighted by molar-refractivity contribution is 9.10. The molecule has 1 aromatic heterocycles. The molecule has 3 aromatic carbocycles. The number of halogens is 2. The van der Waals surface area contributed by atoms with Crippen LogP contribution in [0.1, 0.15) is 37.4 Å². The molecule has 3 heterocycles. The molecule has 6 rings (SSSR count). The highest BCUT2D eigenvalue weighted by atomic mass is 79.9. The van der Waals surface area contributed by atoms with Crippen LogP contribution in [0.5, 0.6) is 11.5 Å². The Morgan fingerprint density at radius 2 is 1.44 bits per heavy atom. The number of nitrogens with zero attached hydrogens (tertiary/aromatic N) is 1. The third-order valence-corrected chi connectivity index (χ3v) is 6.53. The number of fused-ring (bicyclic) bond motifs is 6. The molecule has 0 atom stereocenters. The molecule has 4 aromatic rings. The lowest BCUT2D eigenvalue weighted by molar-refractivity contribution is 0.0224. The van der Waals surface area contributed by atoms with Gasteiger partial charge in [0.2, 0.25) is 0 Å². The molecule has 0 fully saturated rings. The van der Waals surface area contributed by atoms with E-state index in [-0.39, 0.29) is 5.56 Å². The molecule has 168 valence electrons. The van der Waals surface area contributed by atoms with E-state index in [1.54, 1.807) is 24.5 Å². The van der Waals surface area contributed by atoms with Gasteiger partial charge in [-0.25, -0.2) is 9.59 Å². The first-order valence-electron chi connectivity index (χ1n) is 10.1. The van der Waals surface area contributed by atoms with Gasteiger partial charge in [-0.1, -0.05) is 37.9 Å². The maximum atomic E-state index is 12.7. The number of aromatic carboxylic acids is 1. The van der Waals surface area contributed by atoms with Gasteiger partial charge in [0.15, 0.2) is 5.60 Å². The molecule has 2 aliphatic heterocycles. The Hall–Kier alpha value is -3.49. The number of carbonyl (C=O) groups excluding carboxylic acids is 1. The minimum Gasteiger partial charge on any atom is -0.478 e. The number of aromatic nitrogens is 1. The van der Waals surface area contributed by atoms with Crippen LogP contribution in [0.25, 0.3) is 0 Å². The molecule has 0 bridgehead atoms. The number of carboxylic acid groups (broad SMARTS) is 1. The van der Waals surface area contributed by atoms with Crippen molar-refractivity contribution in [2.45, 2.75) is 5.60 Å². The Kier molecular flexibility index (Phi) is 5.71. The van der Waals surface area contributed by atoms with Crippen LogP contribution in [0.15, 0.2) is 94.1 Å². The van der Waals surface area contributed by atoms with E-state index < -0.39 is 17.5 Å². The van der Waals surface area contributed by atoms with Gasteiger partial charge in [-0.05, 0) is 66.7 Å². The number of hydrogen-bond acceptors (Lipinski definition) is 5. The van der Waals surface area contributed by atoms with Gasteiger partial charge in [-0.2, -0.15) is 0 Å². The molecule has 0 amide bonds. The summed E-state index contributed by atoms with van der Waals surface area (Å²) in [6, 6.07) is 21.0. The average Bonchev–Trinajstić information content (AvgIpc) is 3.12. The lowest BCUT2D eigenvalue weighted by Gasteiger charge is -2.36. The summed E-state index contributed by atoms with van der Waals surface area (Å²) in [7, 11) is 0. The van der Waals surface area contributed by atoms with E-state index in [0.29, 0.717) is 33.8 Å². The van der Waals surface area contributed by atoms with Crippen molar-refractivity contribution in [1.29, 1.82) is 0 Å². The Balaban J connectivity index is 0.000000351. The van der Waals surface area contributed by atoms with Gasteiger partial charge in [0.1, 0.15) is 11.5 Å². The summed E-state index contributed by atoms with van der Waals surface area (Å²) in [5.41, 5.74) is 0.922. The van der Waals surface area contributed by atoms with E-state index in [4.69, 9.17) is 9.47 Å². The predicted molar refractivity (Wildman–Crippen MR) is 131 cm³/mol. The summed E-state index contributed by atoms with van der Waals surface area (Å²) < 4.78 is 13.7. The van der Waals surface area contributed by atoms with Gasteiger partial charge >= 0.3 is 11.9 Å². The molecule has 1 N–H and O–H groups in total. The zero-order valence-corrected chi connectivity index (χ0v) is 20.5. The average molecular weight is 581 g/mol. The van der Waals surface area contributed by atoms with Crippen molar-refractivity contribution < 1.29 is 24.2 Å². The van der Waals surface area contributed by atoms with Crippen LogP contribution in [0.2, 0.25) is 0 Å². The van der Waals surface area contributed by atoms with Crippen molar-refractivity contribution in [3.63, 3.8) is 0 Å². The van der Waals surface area contributed by atoms with Crippen molar-refractivity contribution in [1.82, 2.24) is 4.98 Å². The molecule has 0 aliphatic carbocycles. The van der Waals surface area contributed by atoms with Crippen LogP contribution in [0, 0.1) is 0 Å². The summed E-state index contributed by atoms with van der Waals surface area (Å²) in [6.45, 7) is 0. The van der Waals surface area contributed by atoms with Gasteiger partial charge in [-0.3, -0.25) is 4.98 Å². The molecule has 0 radical (unpaired) electrons. The minimum absolute atomic E-state index is 0.0836. The maximum absolute atomic E-state index is 12.7. The van der Waals surface area contributed by atoms with E-state index in [2.05, 4.69) is 36.8 Å². The van der Waals surface area contributed by atoms with Gasteiger partial charge in [0, 0.05) is 38.0 Å². The fourth-order valence-corrected chi connectivity index (χ4v) is 4.79. The number of pyridine rings is 1. The van der Waals surface area contributed by atoms with Crippen LogP contribution in [-0.4, -0.2) is 22.0 Å². The van der Waals surface area contributed by atoms with Crippen molar-refractivity contribution in [2.75, 3.05) is 0 Å². The smallest absolute Gasteiger partial charge is 0.340 e. The second-order valence-electron chi connectivity index (χ2n) is 7.54. The Morgan fingerprint density at radius 3 is 1.94 bits per heavy atom. The standard InChI is InChI=1S/C21H10Br2O5.C5H5N/c22-11-2-5-14-17(8-11)27-18-9-12(23)3-6-15(18)21(14)16-7-10(19(24)25)1-4-13(16)20(26)28-21;1-2-4-6-5-3-1/h1-9H,(H,24,25);1-5H. The number of carboxylic acids is 1. The fourth-order valence-electron chi connectivity index (χ4n) is 4.11. The maximum Gasteiger partial charge on any atom is 0.340 e. The third kappa shape index (κ3) is 3.69. The zero-order chi connectivity index (χ0) is 23.9. The second kappa shape index (κ2) is 8.70. The Bertz CT molecular complexity index is 1360. The van der Waals surface area contributed by atoms with E-state index >= 15 is 0 Å². The second-order valence-corrected chi connectivity index (χ2v) is 9.38. The lowest BCUT2D eigenvalue weighted by atomic mass is 9.77. The van der Waals surface area contributed by atoms with Gasteiger partial charge < -0.3 is 14.6 Å². The Labute approximate surface area is 211 Å². The monoisotopic (exact) mass is 579 g/mol. The summed E-state index contributed by atoms with van der Waals surface area (Å²) in [4.78, 5) is 28.1. The zero-order valence-electron chi connectivity index (χ0n) is 17.4. The number of benzene rings is 3. The largest absolute Gasteiger partial charge is 0.478 e. The summed E-state index contributed by atoms with van der Waals surface area (Å²) in [5.74, 6) is -0.518. The van der Waals surface area contributed by atoms with Crippen LogP contribution in [-0.2, 0) is 10.3 Å². The van der Waals surface area contributed by atoms with Crippen LogP contribution in [0.4, 0.5) is 0 Å². The number of carbonyl (C=O) groups is 2. The van der Waals surface area contributed by atoms with Crippen molar-refractivity contribution in [2.24, 2.45) is 0 Å². The lowest BCUT2D eigenvalue weighted by Crippen LogP contribution is -2.33. The van der Waals surface area contributed by atoms with Gasteiger partial charge in [-0.15, -0.1) is 0 Å². The van der Waals surface area contributed by atoms with E-state index in [9.17, 15) is 14.7 Å². The molecule has 34 heavy (non-hydrogen) atoms. The van der Waals surface area contributed by atoms with Crippen LogP contribution < -0.4 is 4.74 Å². The highest BCUT2D eigenvalue weighted by Gasteiger charge is 2.53. The predicted octanol–water partition coefficient (Wildman–Crippen LogP) is 6.56. The van der Waals surface area contributed by atoms with Crippen LogP contribution in [0.3, 0.4) is 0 Å². The SMILES string of the molecule is O=C(O)c1ccc2c(c1)C1(OC2=O)c2ccc(Br)cc2Oc2cc(Br)ccc21.c1ccncc1. The van der Waals surface area contributed by atoms with E-state index in [0.717, 1.165) is 8.95 Å². The van der Waals surface area contributed by atoms with Crippen molar-refractivity contribution >= 4 is 43.8 Å². The number of esters is 1. The molecular weight excluding hydrogens is 566 g/mol. The summed E-state index contributed by atoms with van der Waals surface area (Å²) in [5, 5.41) is 9.47. The normalized spacial score (nSPS) is 14.0. The molecule has 6 nitrogen and oxygen atoms in total. The van der Waals surface area contributed by atoms with Gasteiger partial charge in [0.05, 0.1) is 11.1 Å². The first-order chi connectivity index (χ1) is 16.4. The highest BCUT2D eigenvalue weighted by Crippen LogP contribution is 2.56. The first-order valence-corrected chi connectivity index (χ1v) is 11.7. The van der Waals surface area contributed by atoms with Crippen LogP contribution >= 0.6 is 31.9 Å². The van der Waals surface area contributed by atoms with Gasteiger partial charge in [0.25, 0.3) is 0 Å². The molecule has 0 saturated carbocycles.